The van der Waals surface area contributed by atoms with Crippen LogP contribution < -0.4 is 10.6 Å². The molecule has 2 aromatic carbocycles. The highest BCUT2D eigenvalue weighted by Crippen LogP contribution is 2.31. The Morgan fingerprint density at radius 2 is 1.96 bits per heavy atom. The second-order valence-electron chi connectivity index (χ2n) is 5.14. The van der Waals surface area contributed by atoms with E-state index in [2.05, 4.69) is 42.8 Å². The molecule has 0 aliphatic heterocycles. The van der Waals surface area contributed by atoms with Crippen LogP contribution in [0, 0.1) is 0 Å². The van der Waals surface area contributed by atoms with Gasteiger partial charge in [-0.15, -0.1) is 10.2 Å². The van der Waals surface area contributed by atoms with Gasteiger partial charge in [-0.25, -0.2) is 0 Å². The molecule has 3 aromatic rings. The van der Waals surface area contributed by atoms with Crippen LogP contribution in [0.15, 0.2) is 57.3 Å². The Labute approximate surface area is 162 Å². The number of rotatable bonds is 6. The highest BCUT2D eigenvalue weighted by atomic mass is 79.9. The molecule has 0 atom stereocenters. The second-order valence-corrected chi connectivity index (χ2v) is 8.19. The smallest absolute Gasteiger partial charge is 0.221 e. The number of amides is 1. The number of anilines is 3. The third kappa shape index (κ3) is 5.29. The van der Waals surface area contributed by atoms with E-state index in [4.69, 9.17) is 0 Å². The first kappa shape index (κ1) is 17.9. The fraction of sp³-hybridized carbons (Fsp3) is 0.118. The van der Waals surface area contributed by atoms with Crippen molar-refractivity contribution in [2.75, 3.05) is 10.6 Å². The first-order valence-corrected chi connectivity index (χ1v) is 10.0. The number of carbonyl (C=O) groups excluding carboxylic acids is 1. The molecule has 0 fully saturated rings. The fourth-order valence-corrected chi connectivity index (χ4v) is 4.46. The van der Waals surface area contributed by atoms with E-state index in [-0.39, 0.29) is 5.91 Å². The van der Waals surface area contributed by atoms with Gasteiger partial charge in [-0.2, -0.15) is 0 Å². The van der Waals surface area contributed by atoms with Crippen molar-refractivity contribution < 1.29 is 4.79 Å². The molecule has 8 heteroatoms. The Bertz CT molecular complexity index is 884. The zero-order valence-corrected chi connectivity index (χ0v) is 16.5. The van der Waals surface area contributed by atoms with Crippen molar-refractivity contribution >= 4 is 61.4 Å². The summed E-state index contributed by atoms with van der Waals surface area (Å²) in [6, 6.07) is 15.6. The van der Waals surface area contributed by atoms with E-state index in [1.54, 1.807) is 11.8 Å². The number of aromatic nitrogens is 2. The zero-order valence-electron chi connectivity index (χ0n) is 13.3. The standard InChI is InChI=1S/C17H15BrN4OS2/c1-11(23)19-13-6-4-7-14(9-13)20-16-21-22-17(25-16)24-10-12-5-2-3-8-15(12)18/h2-9H,10H2,1H3,(H,19,23)(H,20,21). The molecule has 0 saturated heterocycles. The summed E-state index contributed by atoms with van der Waals surface area (Å²) in [5, 5.41) is 15.1. The third-order valence-corrected chi connectivity index (χ3v) is 5.94. The van der Waals surface area contributed by atoms with E-state index in [0.717, 1.165) is 31.1 Å². The topological polar surface area (TPSA) is 66.9 Å². The molecule has 1 heterocycles. The average Bonchev–Trinajstić information content (AvgIpc) is 3.01. The molecular weight excluding hydrogens is 420 g/mol. The molecule has 3 rings (SSSR count). The maximum Gasteiger partial charge on any atom is 0.221 e. The molecular formula is C17H15BrN4OS2. The van der Waals surface area contributed by atoms with Gasteiger partial charge in [0.05, 0.1) is 0 Å². The number of nitrogens with one attached hydrogen (secondary N) is 2. The molecule has 0 unspecified atom stereocenters. The fourth-order valence-electron chi connectivity index (χ4n) is 2.07. The molecule has 0 radical (unpaired) electrons. The lowest BCUT2D eigenvalue weighted by molar-refractivity contribution is -0.114. The molecule has 0 aliphatic rings. The van der Waals surface area contributed by atoms with Gasteiger partial charge in [-0.1, -0.05) is 63.3 Å². The molecule has 0 spiro atoms. The first-order chi connectivity index (χ1) is 12.1. The quantitative estimate of drug-likeness (QED) is 0.515. The number of thioether (sulfide) groups is 1. The highest BCUT2D eigenvalue weighted by molar-refractivity contribution is 9.10. The van der Waals surface area contributed by atoms with Crippen molar-refractivity contribution in [1.82, 2.24) is 10.2 Å². The van der Waals surface area contributed by atoms with Gasteiger partial charge in [0.1, 0.15) is 0 Å². The van der Waals surface area contributed by atoms with E-state index < -0.39 is 0 Å². The van der Waals surface area contributed by atoms with Crippen LogP contribution in [-0.4, -0.2) is 16.1 Å². The van der Waals surface area contributed by atoms with Gasteiger partial charge in [0, 0.05) is 28.5 Å². The monoisotopic (exact) mass is 434 g/mol. The van der Waals surface area contributed by atoms with Gasteiger partial charge in [0.2, 0.25) is 11.0 Å². The Hall–Kier alpha value is -1.90. The zero-order chi connectivity index (χ0) is 17.6. The van der Waals surface area contributed by atoms with Crippen LogP contribution in [0.5, 0.6) is 0 Å². The number of halogens is 1. The Morgan fingerprint density at radius 1 is 1.16 bits per heavy atom. The molecule has 0 saturated carbocycles. The van der Waals surface area contributed by atoms with Crippen molar-refractivity contribution in [3.05, 3.63) is 58.6 Å². The van der Waals surface area contributed by atoms with E-state index in [0.29, 0.717) is 0 Å². The van der Waals surface area contributed by atoms with E-state index in [1.165, 1.54) is 23.8 Å². The van der Waals surface area contributed by atoms with Gasteiger partial charge in [0.25, 0.3) is 0 Å². The number of benzene rings is 2. The Morgan fingerprint density at radius 3 is 2.76 bits per heavy atom. The summed E-state index contributed by atoms with van der Waals surface area (Å²) in [5.41, 5.74) is 2.82. The SMILES string of the molecule is CC(=O)Nc1cccc(Nc2nnc(SCc3ccccc3Br)s2)c1. The molecule has 0 aliphatic carbocycles. The summed E-state index contributed by atoms with van der Waals surface area (Å²) in [4.78, 5) is 11.1. The number of carbonyl (C=O) groups is 1. The summed E-state index contributed by atoms with van der Waals surface area (Å²) in [5.74, 6) is 0.729. The molecule has 0 bridgehead atoms. The molecule has 1 amide bonds. The van der Waals surface area contributed by atoms with Crippen LogP contribution >= 0.6 is 39.0 Å². The molecule has 5 nitrogen and oxygen atoms in total. The summed E-state index contributed by atoms with van der Waals surface area (Å²) >= 11 is 6.70. The van der Waals surface area contributed by atoms with E-state index in [1.807, 2.05) is 42.5 Å². The molecule has 25 heavy (non-hydrogen) atoms. The van der Waals surface area contributed by atoms with Crippen molar-refractivity contribution in [3.8, 4) is 0 Å². The van der Waals surface area contributed by atoms with Gasteiger partial charge in [-0.05, 0) is 29.8 Å². The highest BCUT2D eigenvalue weighted by Gasteiger charge is 2.07. The van der Waals surface area contributed by atoms with Crippen LogP contribution in [-0.2, 0) is 10.5 Å². The van der Waals surface area contributed by atoms with Crippen molar-refractivity contribution in [3.63, 3.8) is 0 Å². The Balaban J connectivity index is 1.62. The van der Waals surface area contributed by atoms with Gasteiger partial charge >= 0.3 is 0 Å². The molecule has 2 N–H and O–H groups in total. The van der Waals surface area contributed by atoms with Crippen LogP contribution in [0.2, 0.25) is 0 Å². The number of hydrogen-bond donors (Lipinski definition) is 2. The lowest BCUT2D eigenvalue weighted by atomic mass is 10.2. The number of nitrogens with zero attached hydrogens (tertiary/aromatic N) is 2. The van der Waals surface area contributed by atoms with Gasteiger partial charge < -0.3 is 10.6 Å². The third-order valence-electron chi connectivity index (χ3n) is 3.15. The summed E-state index contributed by atoms with van der Waals surface area (Å²) in [6.45, 7) is 1.49. The van der Waals surface area contributed by atoms with Crippen LogP contribution in [0.1, 0.15) is 12.5 Å². The van der Waals surface area contributed by atoms with Crippen molar-refractivity contribution in [2.24, 2.45) is 0 Å². The minimum atomic E-state index is -0.0983. The van der Waals surface area contributed by atoms with E-state index in [9.17, 15) is 4.79 Å². The Kier molecular flexibility index (Phi) is 6.06. The van der Waals surface area contributed by atoms with Crippen molar-refractivity contribution in [2.45, 2.75) is 17.0 Å². The largest absolute Gasteiger partial charge is 0.330 e. The second kappa shape index (κ2) is 8.46. The summed E-state index contributed by atoms with van der Waals surface area (Å²) in [6.07, 6.45) is 0. The van der Waals surface area contributed by atoms with Crippen molar-refractivity contribution in [1.29, 1.82) is 0 Å². The predicted molar refractivity (Wildman–Crippen MR) is 108 cm³/mol. The summed E-state index contributed by atoms with van der Waals surface area (Å²) in [7, 11) is 0. The summed E-state index contributed by atoms with van der Waals surface area (Å²) < 4.78 is 2.00. The van der Waals surface area contributed by atoms with Gasteiger partial charge in [-0.3, -0.25) is 4.79 Å². The lowest BCUT2D eigenvalue weighted by Crippen LogP contribution is -2.05. The minimum absolute atomic E-state index is 0.0983. The van der Waals surface area contributed by atoms with E-state index >= 15 is 0 Å². The molecule has 128 valence electrons. The number of hydrogen-bond acceptors (Lipinski definition) is 6. The van der Waals surface area contributed by atoms with Crippen LogP contribution in [0.25, 0.3) is 0 Å². The van der Waals surface area contributed by atoms with Crippen LogP contribution in [0.3, 0.4) is 0 Å². The normalized spacial score (nSPS) is 10.5. The molecule has 1 aromatic heterocycles. The van der Waals surface area contributed by atoms with Crippen LogP contribution in [0.4, 0.5) is 16.5 Å². The average molecular weight is 435 g/mol. The predicted octanol–water partition coefficient (Wildman–Crippen LogP) is 5.29. The minimum Gasteiger partial charge on any atom is -0.330 e. The lowest BCUT2D eigenvalue weighted by Gasteiger charge is -2.05. The maximum absolute atomic E-state index is 11.1. The van der Waals surface area contributed by atoms with Gasteiger partial charge in [0.15, 0.2) is 4.34 Å². The first-order valence-electron chi connectivity index (χ1n) is 7.44. The maximum atomic E-state index is 11.1.